The minimum absolute atomic E-state index is 0.0566. The van der Waals surface area contributed by atoms with E-state index in [1.807, 2.05) is 12.3 Å². The van der Waals surface area contributed by atoms with Crippen LogP contribution in [-0.4, -0.2) is 16.8 Å². The van der Waals surface area contributed by atoms with Gasteiger partial charge in [0.05, 0.1) is 6.04 Å². The molecule has 1 atom stereocenters. The molecule has 0 aliphatic heterocycles. The summed E-state index contributed by atoms with van der Waals surface area (Å²) in [6.45, 7) is 1.93. The van der Waals surface area contributed by atoms with Crippen molar-refractivity contribution in [3.05, 3.63) is 45.9 Å². The van der Waals surface area contributed by atoms with E-state index >= 15 is 0 Å². The molecule has 0 aliphatic rings. The number of aromatic nitrogens is 1. The number of nitrogens with two attached hydrogens (primary N) is 2. The fourth-order valence-electron chi connectivity index (χ4n) is 1.76. The topological polar surface area (TPSA) is 111 Å². The Morgan fingerprint density at radius 1 is 1.20 bits per heavy atom. The molecule has 1 aromatic heterocycles. The lowest BCUT2D eigenvalue weighted by Crippen LogP contribution is -2.17. The molecule has 5 N–H and O–H groups in total. The summed E-state index contributed by atoms with van der Waals surface area (Å²) in [5.74, 6) is -1.23. The van der Waals surface area contributed by atoms with Crippen LogP contribution in [0.25, 0.3) is 0 Å². The van der Waals surface area contributed by atoms with Crippen LogP contribution in [0.3, 0.4) is 0 Å². The molecule has 20 heavy (non-hydrogen) atoms. The SMILES string of the molecule is CC(Nc1cc(C(N)=O)cc(C(N)=O)c1)c1nccs1. The minimum atomic E-state index is -0.613. The minimum Gasteiger partial charge on any atom is -0.376 e. The molecule has 1 unspecified atom stereocenters. The largest absolute Gasteiger partial charge is 0.376 e. The maximum Gasteiger partial charge on any atom is 0.248 e. The van der Waals surface area contributed by atoms with Crippen molar-refractivity contribution >= 4 is 28.8 Å². The van der Waals surface area contributed by atoms with Gasteiger partial charge in [-0.2, -0.15) is 0 Å². The summed E-state index contributed by atoms with van der Waals surface area (Å²) in [5, 5.41) is 5.94. The number of nitrogens with zero attached hydrogens (tertiary/aromatic N) is 1. The summed E-state index contributed by atoms with van der Waals surface area (Å²) in [5.41, 5.74) is 11.6. The molecule has 0 saturated heterocycles. The second-order valence-electron chi connectivity index (χ2n) is 4.26. The van der Waals surface area contributed by atoms with E-state index in [4.69, 9.17) is 11.5 Å². The molecule has 2 rings (SSSR count). The Labute approximate surface area is 119 Å². The first-order chi connectivity index (χ1) is 9.47. The van der Waals surface area contributed by atoms with Gasteiger partial charge in [-0.15, -0.1) is 11.3 Å². The molecule has 104 valence electrons. The number of rotatable bonds is 5. The van der Waals surface area contributed by atoms with Crippen molar-refractivity contribution in [1.29, 1.82) is 0 Å². The van der Waals surface area contributed by atoms with Gasteiger partial charge in [-0.25, -0.2) is 4.98 Å². The number of primary amides is 2. The van der Waals surface area contributed by atoms with Crippen LogP contribution in [0, 0.1) is 0 Å². The highest BCUT2D eigenvalue weighted by molar-refractivity contribution is 7.09. The number of nitrogens with one attached hydrogen (secondary N) is 1. The van der Waals surface area contributed by atoms with Crippen molar-refractivity contribution in [3.8, 4) is 0 Å². The molecule has 7 heteroatoms. The number of carbonyl (C=O) groups is 2. The van der Waals surface area contributed by atoms with Crippen LogP contribution in [-0.2, 0) is 0 Å². The smallest absolute Gasteiger partial charge is 0.248 e. The van der Waals surface area contributed by atoms with E-state index in [0.717, 1.165) is 5.01 Å². The van der Waals surface area contributed by atoms with Gasteiger partial charge in [0.2, 0.25) is 11.8 Å². The molecular weight excluding hydrogens is 276 g/mol. The molecule has 2 aromatic rings. The molecule has 0 fully saturated rings. The number of benzene rings is 1. The Bertz CT molecular complexity index is 608. The number of hydrogen-bond acceptors (Lipinski definition) is 5. The number of amides is 2. The Morgan fingerprint density at radius 2 is 1.80 bits per heavy atom. The highest BCUT2D eigenvalue weighted by Crippen LogP contribution is 2.22. The molecule has 1 heterocycles. The van der Waals surface area contributed by atoms with E-state index in [2.05, 4.69) is 10.3 Å². The highest BCUT2D eigenvalue weighted by atomic mass is 32.1. The first kappa shape index (κ1) is 14.0. The van der Waals surface area contributed by atoms with E-state index < -0.39 is 11.8 Å². The molecule has 0 spiro atoms. The zero-order valence-corrected chi connectivity index (χ0v) is 11.6. The molecule has 0 saturated carbocycles. The fourth-order valence-corrected chi connectivity index (χ4v) is 2.40. The van der Waals surface area contributed by atoms with Crippen LogP contribution in [0.2, 0.25) is 0 Å². The van der Waals surface area contributed by atoms with E-state index in [-0.39, 0.29) is 17.2 Å². The van der Waals surface area contributed by atoms with Gasteiger partial charge in [0.25, 0.3) is 0 Å². The highest BCUT2D eigenvalue weighted by Gasteiger charge is 2.12. The Balaban J connectivity index is 2.31. The lowest BCUT2D eigenvalue weighted by atomic mass is 10.1. The Hall–Kier alpha value is -2.41. The fraction of sp³-hybridized carbons (Fsp3) is 0.154. The standard InChI is InChI=1S/C13H14N4O2S/c1-7(13-16-2-3-20-13)17-10-5-8(11(14)18)4-9(6-10)12(15)19/h2-7,17H,1H3,(H2,14,18)(H2,15,19). The molecule has 0 bridgehead atoms. The molecule has 6 nitrogen and oxygen atoms in total. The first-order valence-electron chi connectivity index (χ1n) is 5.88. The van der Waals surface area contributed by atoms with Crippen molar-refractivity contribution in [1.82, 2.24) is 4.98 Å². The maximum atomic E-state index is 11.3. The van der Waals surface area contributed by atoms with Crippen molar-refractivity contribution in [3.63, 3.8) is 0 Å². The molecule has 2 amide bonds. The first-order valence-corrected chi connectivity index (χ1v) is 6.76. The average Bonchev–Trinajstić information content (AvgIpc) is 2.92. The molecule has 0 radical (unpaired) electrons. The second kappa shape index (κ2) is 5.70. The lowest BCUT2D eigenvalue weighted by Gasteiger charge is -2.14. The van der Waals surface area contributed by atoms with Crippen molar-refractivity contribution in [2.75, 3.05) is 5.32 Å². The zero-order valence-electron chi connectivity index (χ0n) is 10.8. The normalized spacial score (nSPS) is 11.8. The summed E-state index contributed by atoms with van der Waals surface area (Å²) < 4.78 is 0. The van der Waals surface area contributed by atoms with Gasteiger partial charge >= 0.3 is 0 Å². The van der Waals surface area contributed by atoms with Crippen molar-refractivity contribution in [2.24, 2.45) is 11.5 Å². The zero-order chi connectivity index (χ0) is 14.7. The Kier molecular flexibility index (Phi) is 3.99. The van der Waals surface area contributed by atoms with Crippen LogP contribution in [0.1, 0.15) is 38.7 Å². The van der Waals surface area contributed by atoms with Gasteiger partial charge in [0, 0.05) is 28.4 Å². The number of anilines is 1. The third-order valence-electron chi connectivity index (χ3n) is 2.71. The van der Waals surface area contributed by atoms with E-state index in [1.54, 1.807) is 18.3 Å². The van der Waals surface area contributed by atoms with Gasteiger partial charge in [0.1, 0.15) is 5.01 Å². The average molecular weight is 290 g/mol. The number of thiazole rings is 1. The summed E-state index contributed by atoms with van der Waals surface area (Å²) >= 11 is 1.51. The number of hydrogen-bond donors (Lipinski definition) is 3. The predicted molar refractivity (Wildman–Crippen MR) is 77.6 cm³/mol. The van der Waals surface area contributed by atoms with Crippen LogP contribution in [0.5, 0.6) is 0 Å². The molecular formula is C13H14N4O2S. The quantitative estimate of drug-likeness (QED) is 0.775. The van der Waals surface area contributed by atoms with Gasteiger partial charge in [-0.3, -0.25) is 9.59 Å². The molecule has 0 aliphatic carbocycles. The van der Waals surface area contributed by atoms with Crippen LogP contribution in [0.15, 0.2) is 29.8 Å². The van der Waals surface area contributed by atoms with Crippen molar-refractivity contribution in [2.45, 2.75) is 13.0 Å². The van der Waals surface area contributed by atoms with Crippen LogP contribution < -0.4 is 16.8 Å². The monoisotopic (exact) mass is 290 g/mol. The number of carbonyl (C=O) groups excluding carboxylic acids is 2. The lowest BCUT2D eigenvalue weighted by molar-refractivity contribution is 0.0999. The van der Waals surface area contributed by atoms with Gasteiger partial charge < -0.3 is 16.8 Å². The van der Waals surface area contributed by atoms with E-state index in [1.165, 1.54) is 17.4 Å². The summed E-state index contributed by atoms with van der Waals surface area (Å²) in [6.07, 6.45) is 1.72. The second-order valence-corrected chi connectivity index (χ2v) is 5.19. The van der Waals surface area contributed by atoms with Gasteiger partial charge in [0.15, 0.2) is 0 Å². The van der Waals surface area contributed by atoms with E-state index in [9.17, 15) is 9.59 Å². The van der Waals surface area contributed by atoms with Crippen LogP contribution >= 0.6 is 11.3 Å². The summed E-state index contributed by atoms with van der Waals surface area (Å²) in [7, 11) is 0. The van der Waals surface area contributed by atoms with Crippen LogP contribution in [0.4, 0.5) is 5.69 Å². The van der Waals surface area contributed by atoms with Gasteiger partial charge in [-0.1, -0.05) is 0 Å². The van der Waals surface area contributed by atoms with Crippen molar-refractivity contribution < 1.29 is 9.59 Å². The third-order valence-corrected chi connectivity index (χ3v) is 3.67. The Morgan fingerprint density at radius 3 is 2.25 bits per heavy atom. The van der Waals surface area contributed by atoms with Gasteiger partial charge in [-0.05, 0) is 25.1 Å². The van der Waals surface area contributed by atoms with E-state index in [0.29, 0.717) is 5.69 Å². The maximum absolute atomic E-state index is 11.3. The predicted octanol–water partition coefficient (Wildman–Crippen LogP) is 1.51. The summed E-state index contributed by atoms with van der Waals surface area (Å²) in [4.78, 5) is 26.7. The summed E-state index contributed by atoms with van der Waals surface area (Å²) in [6, 6.07) is 4.49. The third kappa shape index (κ3) is 3.12. The molecule has 1 aromatic carbocycles.